The van der Waals surface area contributed by atoms with Crippen LogP contribution in [-0.4, -0.2) is 51.3 Å². The number of ether oxygens (including phenoxy) is 1. The molecule has 1 aliphatic carbocycles. The molecule has 2 aliphatic heterocycles. The number of aliphatic carboxylic acids is 1. The summed E-state index contributed by atoms with van der Waals surface area (Å²) in [4.78, 5) is 47.0. The van der Waals surface area contributed by atoms with Gasteiger partial charge in [0.05, 0.1) is 18.0 Å². The van der Waals surface area contributed by atoms with Gasteiger partial charge >= 0.3 is 5.97 Å². The molecule has 7 nitrogen and oxygen atoms in total. The molecule has 1 amide bonds. The van der Waals surface area contributed by atoms with Crippen LogP contribution in [0.25, 0.3) is 10.8 Å². The average Bonchev–Trinajstić information content (AvgIpc) is 3.53. The van der Waals surface area contributed by atoms with Crippen molar-refractivity contribution in [1.82, 2.24) is 9.88 Å². The molecule has 1 N–H and O–H groups in total. The third-order valence-corrected chi connectivity index (χ3v) is 9.59. The third kappa shape index (κ3) is 6.22. The summed E-state index contributed by atoms with van der Waals surface area (Å²) in [6.07, 6.45) is 11.2. The Morgan fingerprint density at radius 1 is 1.09 bits per heavy atom. The molecule has 0 bridgehead atoms. The van der Waals surface area contributed by atoms with Crippen LogP contribution in [-0.2, 0) is 20.8 Å². The molecule has 224 valence electrons. The molecule has 2 fully saturated rings. The largest absolute Gasteiger partial charge is 0.481 e. The monoisotopic (exact) mass is 580 g/mol. The Morgan fingerprint density at radius 2 is 1.95 bits per heavy atom. The Labute approximate surface area is 252 Å². The summed E-state index contributed by atoms with van der Waals surface area (Å²) in [6.45, 7) is 2.32. The van der Waals surface area contributed by atoms with E-state index in [-0.39, 0.29) is 36.5 Å². The van der Waals surface area contributed by atoms with Gasteiger partial charge < -0.3 is 14.7 Å². The molecular weight excluding hydrogens is 540 g/mol. The highest BCUT2D eigenvalue weighted by Crippen LogP contribution is 2.57. The first-order valence-corrected chi connectivity index (χ1v) is 15.6. The molecule has 1 aromatic heterocycles. The van der Waals surface area contributed by atoms with Crippen molar-refractivity contribution >= 4 is 28.4 Å². The van der Waals surface area contributed by atoms with Gasteiger partial charge in [0.1, 0.15) is 6.10 Å². The lowest BCUT2D eigenvalue weighted by atomic mass is 9.90. The van der Waals surface area contributed by atoms with Gasteiger partial charge in [0.2, 0.25) is 11.8 Å². The molecule has 6 rings (SSSR count). The smallest absolute Gasteiger partial charge is 0.310 e. The maximum atomic E-state index is 14.4. The van der Waals surface area contributed by atoms with Gasteiger partial charge in [0.15, 0.2) is 5.78 Å². The van der Waals surface area contributed by atoms with E-state index >= 15 is 0 Å². The minimum atomic E-state index is -1.08. The molecule has 7 heteroatoms. The Balaban J connectivity index is 1.31. The van der Waals surface area contributed by atoms with Crippen molar-refractivity contribution in [2.24, 2.45) is 17.3 Å². The van der Waals surface area contributed by atoms with Gasteiger partial charge in [0.25, 0.3) is 0 Å². The molecule has 5 atom stereocenters. The molecule has 3 aliphatic rings. The van der Waals surface area contributed by atoms with Crippen molar-refractivity contribution < 1.29 is 24.2 Å². The summed E-state index contributed by atoms with van der Waals surface area (Å²) in [5, 5.41) is 12.1. The molecule has 0 unspecified atom stereocenters. The number of hydrogen-bond acceptors (Lipinski definition) is 5. The fraction of sp³-hybridized carbons (Fsp3) is 0.444. The van der Waals surface area contributed by atoms with Gasteiger partial charge in [-0.3, -0.25) is 14.4 Å². The zero-order valence-corrected chi connectivity index (χ0v) is 24.8. The van der Waals surface area contributed by atoms with Crippen LogP contribution in [0, 0.1) is 24.2 Å². The van der Waals surface area contributed by atoms with Crippen molar-refractivity contribution in [3.8, 4) is 5.88 Å². The number of fused-ring (bicyclic) bond motifs is 3. The Morgan fingerprint density at radius 3 is 2.79 bits per heavy atom. The molecule has 3 aromatic rings. The van der Waals surface area contributed by atoms with Crippen LogP contribution in [0.5, 0.6) is 5.88 Å². The zero-order chi connectivity index (χ0) is 30.0. The minimum absolute atomic E-state index is 0.0402. The van der Waals surface area contributed by atoms with Crippen molar-refractivity contribution in [2.75, 3.05) is 6.54 Å². The van der Waals surface area contributed by atoms with Crippen molar-refractivity contribution in [1.29, 1.82) is 0 Å². The van der Waals surface area contributed by atoms with Crippen LogP contribution >= 0.6 is 0 Å². The fourth-order valence-corrected chi connectivity index (χ4v) is 7.08. The number of aromatic nitrogens is 1. The summed E-state index contributed by atoms with van der Waals surface area (Å²) in [5.74, 6) is -1.09. The van der Waals surface area contributed by atoms with E-state index in [2.05, 4.69) is 36.2 Å². The summed E-state index contributed by atoms with van der Waals surface area (Å²) >= 11 is 0. The van der Waals surface area contributed by atoms with E-state index in [0.717, 1.165) is 54.0 Å². The number of carbonyl (C=O) groups excluding carboxylic acids is 2. The second-order valence-corrected chi connectivity index (χ2v) is 12.7. The van der Waals surface area contributed by atoms with Gasteiger partial charge in [-0.2, -0.15) is 0 Å². The quantitative estimate of drug-likeness (QED) is 0.355. The third-order valence-electron chi connectivity index (χ3n) is 9.59. The van der Waals surface area contributed by atoms with Gasteiger partial charge in [0, 0.05) is 30.3 Å². The maximum absolute atomic E-state index is 14.4. The zero-order valence-electron chi connectivity index (χ0n) is 24.8. The highest BCUT2D eigenvalue weighted by Gasteiger charge is 2.61. The molecule has 43 heavy (non-hydrogen) atoms. The fourth-order valence-electron chi connectivity index (χ4n) is 7.08. The second kappa shape index (κ2) is 12.3. The second-order valence-electron chi connectivity index (χ2n) is 12.7. The highest BCUT2D eigenvalue weighted by atomic mass is 16.5. The standard InChI is InChI=1S/C36H40N2O5/c1-24-10-9-11-25(18-24)19-27-13-5-3-2-4-6-14-28-21-36(28,35(41)42)22-32(39)31-20-29(23-38(31)34(27)40)43-33-30-15-8-7-12-26(30)16-17-37-33/h6-12,14-18,27-29,31H,2-5,13,19-23H2,1H3,(H,41,42)/b14-6-/t27-,28-,29-,31+,36-/m1/s1. The first-order valence-electron chi connectivity index (χ1n) is 15.6. The van der Waals surface area contributed by atoms with E-state index in [1.54, 1.807) is 11.1 Å². The summed E-state index contributed by atoms with van der Waals surface area (Å²) in [5.41, 5.74) is 1.18. The number of aryl methyl sites for hydroxylation is 1. The van der Waals surface area contributed by atoms with Gasteiger partial charge in [-0.15, -0.1) is 0 Å². The molecule has 0 spiro atoms. The molecule has 3 heterocycles. The van der Waals surface area contributed by atoms with Crippen molar-refractivity contribution in [3.05, 3.63) is 84.1 Å². The lowest BCUT2D eigenvalue weighted by Crippen LogP contribution is -2.45. The SMILES string of the molecule is Cc1cccc(C[C@H]2CCCCC/C=C\[C@@H]3C[C@@]3(C(=O)O)CC(=O)[C@@H]3C[C@@H](Oc4nccc5ccccc45)CN3C2=O)c1. The number of pyridine rings is 1. The van der Waals surface area contributed by atoms with Gasteiger partial charge in [-0.05, 0) is 68.0 Å². The predicted octanol–water partition coefficient (Wildman–Crippen LogP) is 6.32. The minimum Gasteiger partial charge on any atom is -0.481 e. The van der Waals surface area contributed by atoms with Gasteiger partial charge in [-0.25, -0.2) is 4.98 Å². The lowest BCUT2D eigenvalue weighted by Gasteiger charge is -2.29. The Hall–Kier alpha value is -4.00. The van der Waals surface area contributed by atoms with E-state index in [4.69, 9.17) is 4.74 Å². The molecule has 0 radical (unpaired) electrons. The van der Waals surface area contributed by atoms with Crippen molar-refractivity contribution in [3.63, 3.8) is 0 Å². The Kier molecular flexibility index (Phi) is 8.33. The summed E-state index contributed by atoms with van der Waals surface area (Å²) in [6, 6.07) is 17.3. The van der Waals surface area contributed by atoms with E-state index in [9.17, 15) is 19.5 Å². The van der Waals surface area contributed by atoms with E-state index in [1.165, 1.54) is 0 Å². The molecule has 1 saturated carbocycles. The number of carboxylic acid groups (broad SMARTS) is 1. The number of benzene rings is 2. The average molecular weight is 581 g/mol. The number of nitrogens with zero attached hydrogens (tertiary/aromatic N) is 2. The van der Waals surface area contributed by atoms with Crippen LogP contribution in [0.3, 0.4) is 0 Å². The molecule has 2 aromatic carbocycles. The molecule has 1 saturated heterocycles. The summed E-state index contributed by atoms with van der Waals surface area (Å²) in [7, 11) is 0. The summed E-state index contributed by atoms with van der Waals surface area (Å²) < 4.78 is 6.42. The number of hydrogen-bond donors (Lipinski definition) is 1. The van der Waals surface area contributed by atoms with Crippen LogP contribution in [0.2, 0.25) is 0 Å². The highest BCUT2D eigenvalue weighted by molar-refractivity contribution is 5.95. The number of carboxylic acids is 1. The van der Waals surface area contributed by atoms with Crippen LogP contribution in [0.4, 0.5) is 0 Å². The predicted molar refractivity (Wildman–Crippen MR) is 165 cm³/mol. The lowest BCUT2D eigenvalue weighted by molar-refractivity contribution is -0.147. The normalized spacial score (nSPS) is 28.8. The van der Waals surface area contributed by atoms with E-state index < -0.39 is 23.5 Å². The number of rotatable bonds is 5. The number of carbonyl (C=O) groups is 3. The van der Waals surface area contributed by atoms with Crippen LogP contribution < -0.4 is 4.74 Å². The topological polar surface area (TPSA) is 96.8 Å². The van der Waals surface area contributed by atoms with E-state index in [0.29, 0.717) is 25.1 Å². The van der Waals surface area contributed by atoms with Gasteiger partial charge in [-0.1, -0.05) is 73.0 Å². The van der Waals surface area contributed by atoms with E-state index in [1.807, 2.05) is 42.5 Å². The molecular formula is C36H40N2O5. The first kappa shape index (κ1) is 29.1. The van der Waals surface area contributed by atoms with Crippen molar-refractivity contribution in [2.45, 2.75) is 76.9 Å². The number of allylic oxidation sites excluding steroid dienone is 2. The number of ketones is 1. The number of amides is 1. The maximum Gasteiger partial charge on any atom is 0.310 e. The van der Waals surface area contributed by atoms with Crippen LogP contribution in [0.1, 0.15) is 62.5 Å². The van der Waals surface area contributed by atoms with Crippen LogP contribution in [0.15, 0.2) is 72.9 Å². The number of Topliss-reactive ketones (excluding diaryl/α,β-unsaturated/α-hetero) is 1. The Bertz CT molecular complexity index is 1540. The first-order chi connectivity index (χ1) is 20.8.